The average Bonchev–Trinajstić information content (AvgIpc) is 3.09. The van der Waals surface area contributed by atoms with Gasteiger partial charge in [0.05, 0.1) is 6.61 Å². The van der Waals surface area contributed by atoms with Gasteiger partial charge in [-0.1, -0.05) is 238 Å². The lowest BCUT2D eigenvalue weighted by Crippen LogP contribution is -2.05. The average molecular weight is 675 g/mol. The van der Waals surface area contributed by atoms with Crippen LogP contribution < -0.4 is 0 Å². The van der Waals surface area contributed by atoms with Crippen LogP contribution in [-0.4, -0.2) is 12.6 Å². The molecule has 0 aromatic carbocycles. The molecule has 0 aromatic heterocycles. The summed E-state index contributed by atoms with van der Waals surface area (Å²) in [6, 6.07) is 0. The van der Waals surface area contributed by atoms with Gasteiger partial charge in [-0.2, -0.15) is 0 Å². The van der Waals surface area contributed by atoms with E-state index in [-0.39, 0.29) is 5.97 Å². The van der Waals surface area contributed by atoms with Crippen molar-refractivity contribution in [2.45, 2.75) is 271 Å². The molecule has 0 aliphatic heterocycles. The van der Waals surface area contributed by atoms with Crippen molar-refractivity contribution in [3.8, 4) is 0 Å². The molecule has 0 aliphatic rings. The van der Waals surface area contributed by atoms with E-state index in [9.17, 15) is 4.79 Å². The van der Waals surface area contributed by atoms with Crippen molar-refractivity contribution in [1.29, 1.82) is 0 Å². The second-order valence-electron chi connectivity index (χ2n) is 15.4. The molecule has 0 heterocycles. The van der Waals surface area contributed by atoms with Gasteiger partial charge in [-0.3, -0.25) is 4.79 Å². The largest absolute Gasteiger partial charge is 0.466 e. The van der Waals surface area contributed by atoms with Crippen LogP contribution in [0.25, 0.3) is 0 Å². The molecule has 0 aromatic rings. The maximum absolute atomic E-state index is 12.0. The van der Waals surface area contributed by atoms with E-state index in [2.05, 4.69) is 26.0 Å². The summed E-state index contributed by atoms with van der Waals surface area (Å²) in [7, 11) is 0. The Labute approximate surface area is 304 Å². The zero-order valence-corrected chi connectivity index (χ0v) is 33.5. The fraction of sp³-hybridized carbons (Fsp3) is 0.935. The van der Waals surface area contributed by atoms with Crippen LogP contribution in [0.4, 0.5) is 0 Å². The molecule has 0 atom stereocenters. The van der Waals surface area contributed by atoms with Crippen LogP contribution in [0.15, 0.2) is 12.2 Å². The number of allylic oxidation sites excluding steroid dienone is 2. The normalized spacial score (nSPS) is 11.6. The van der Waals surface area contributed by atoms with Gasteiger partial charge in [0.25, 0.3) is 0 Å². The number of hydrogen-bond donors (Lipinski definition) is 0. The number of esters is 1. The number of hydrogen-bond acceptors (Lipinski definition) is 2. The minimum Gasteiger partial charge on any atom is -0.466 e. The Balaban J connectivity index is 3.17. The predicted octanol–water partition coefficient (Wildman–Crippen LogP) is 16.7. The molecule has 0 saturated carbocycles. The van der Waals surface area contributed by atoms with E-state index in [0.29, 0.717) is 13.0 Å². The number of ether oxygens (including phenoxy) is 1. The summed E-state index contributed by atoms with van der Waals surface area (Å²) >= 11 is 0. The minimum absolute atomic E-state index is 0.0273. The lowest BCUT2D eigenvalue weighted by Gasteiger charge is -2.06. The van der Waals surface area contributed by atoms with Gasteiger partial charge in [0.2, 0.25) is 0 Å². The number of carbonyl (C=O) groups excluding carboxylic acids is 1. The van der Waals surface area contributed by atoms with Gasteiger partial charge in [-0.05, 0) is 38.5 Å². The molecule has 2 nitrogen and oxygen atoms in total. The van der Waals surface area contributed by atoms with Gasteiger partial charge < -0.3 is 4.74 Å². The fourth-order valence-corrected chi connectivity index (χ4v) is 7.02. The summed E-state index contributed by atoms with van der Waals surface area (Å²) in [5, 5.41) is 0. The van der Waals surface area contributed by atoms with Gasteiger partial charge in [-0.25, -0.2) is 0 Å². The standard InChI is InChI=1S/C46H90O2/c1-3-5-7-9-11-13-15-17-19-21-23-24-25-27-29-31-33-35-37-39-41-43-45-48-46(47)44-42-40-38-36-34-32-30-28-26-22-20-18-16-14-12-10-8-6-4-2/h18,20H,3-17,19,21-45H2,1-2H3. The zero-order chi connectivity index (χ0) is 34.7. The molecule has 0 N–H and O–H groups in total. The lowest BCUT2D eigenvalue weighted by molar-refractivity contribution is -0.143. The van der Waals surface area contributed by atoms with Crippen molar-refractivity contribution >= 4 is 5.97 Å². The first kappa shape index (κ1) is 47.2. The third kappa shape index (κ3) is 43.2. The van der Waals surface area contributed by atoms with Crippen molar-refractivity contribution in [1.82, 2.24) is 0 Å². The highest BCUT2D eigenvalue weighted by Gasteiger charge is 2.03. The van der Waals surface area contributed by atoms with Crippen molar-refractivity contribution in [2.24, 2.45) is 0 Å². The molecular formula is C46H90O2. The van der Waals surface area contributed by atoms with Crippen LogP contribution in [0.3, 0.4) is 0 Å². The Morgan fingerprint density at radius 3 is 0.896 bits per heavy atom. The fourth-order valence-electron chi connectivity index (χ4n) is 7.02. The van der Waals surface area contributed by atoms with Crippen molar-refractivity contribution < 1.29 is 9.53 Å². The smallest absolute Gasteiger partial charge is 0.305 e. The highest BCUT2D eigenvalue weighted by Crippen LogP contribution is 2.16. The lowest BCUT2D eigenvalue weighted by atomic mass is 10.0. The molecule has 2 heteroatoms. The van der Waals surface area contributed by atoms with E-state index in [1.807, 2.05) is 0 Å². The molecular weight excluding hydrogens is 585 g/mol. The Morgan fingerprint density at radius 1 is 0.333 bits per heavy atom. The number of carbonyl (C=O) groups is 1. The molecule has 0 radical (unpaired) electrons. The summed E-state index contributed by atoms with van der Waals surface area (Å²) in [5.74, 6) is 0.0273. The molecule has 0 aliphatic carbocycles. The molecule has 0 rings (SSSR count). The van der Waals surface area contributed by atoms with E-state index in [4.69, 9.17) is 4.74 Å². The van der Waals surface area contributed by atoms with Gasteiger partial charge in [-0.15, -0.1) is 0 Å². The first-order valence-corrected chi connectivity index (χ1v) is 22.6. The van der Waals surface area contributed by atoms with Crippen LogP contribution in [0.1, 0.15) is 271 Å². The Morgan fingerprint density at radius 2 is 0.583 bits per heavy atom. The van der Waals surface area contributed by atoms with Crippen LogP contribution in [0.2, 0.25) is 0 Å². The molecule has 0 saturated heterocycles. The molecule has 0 bridgehead atoms. The molecule has 286 valence electrons. The summed E-state index contributed by atoms with van der Waals surface area (Å²) in [5.41, 5.74) is 0. The van der Waals surface area contributed by atoms with Crippen LogP contribution >= 0.6 is 0 Å². The summed E-state index contributed by atoms with van der Waals surface area (Å²) < 4.78 is 5.48. The Bertz CT molecular complexity index is 611. The Hall–Kier alpha value is -0.790. The number of unbranched alkanes of at least 4 members (excludes halogenated alkanes) is 36. The van der Waals surface area contributed by atoms with E-state index in [1.165, 1.54) is 238 Å². The summed E-state index contributed by atoms with van der Waals surface area (Å²) in [6.07, 6.45) is 58.9. The topological polar surface area (TPSA) is 26.3 Å². The highest BCUT2D eigenvalue weighted by molar-refractivity contribution is 5.69. The van der Waals surface area contributed by atoms with Crippen molar-refractivity contribution in [3.05, 3.63) is 12.2 Å². The molecule has 0 amide bonds. The summed E-state index contributed by atoms with van der Waals surface area (Å²) in [4.78, 5) is 12.0. The first-order chi connectivity index (χ1) is 23.8. The van der Waals surface area contributed by atoms with E-state index < -0.39 is 0 Å². The van der Waals surface area contributed by atoms with Crippen LogP contribution in [0.5, 0.6) is 0 Å². The third-order valence-corrected chi connectivity index (χ3v) is 10.4. The maximum Gasteiger partial charge on any atom is 0.305 e. The van der Waals surface area contributed by atoms with Crippen LogP contribution in [0, 0.1) is 0 Å². The van der Waals surface area contributed by atoms with E-state index >= 15 is 0 Å². The first-order valence-electron chi connectivity index (χ1n) is 22.6. The molecule has 0 spiro atoms. The number of rotatable bonds is 42. The monoisotopic (exact) mass is 675 g/mol. The zero-order valence-electron chi connectivity index (χ0n) is 33.5. The molecule has 0 fully saturated rings. The highest BCUT2D eigenvalue weighted by atomic mass is 16.5. The third-order valence-electron chi connectivity index (χ3n) is 10.4. The SMILES string of the molecule is CCCCCCCCC=CCCCCCCCCCCCC(=O)OCCCCCCCCCCCCCCCCCCCCCCCC. The second-order valence-corrected chi connectivity index (χ2v) is 15.4. The maximum atomic E-state index is 12.0. The minimum atomic E-state index is 0.0273. The van der Waals surface area contributed by atoms with Gasteiger partial charge >= 0.3 is 5.97 Å². The molecule has 0 unspecified atom stereocenters. The summed E-state index contributed by atoms with van der Waals surface area (Å²) in [6.45, 7) is 5.22. The quantitative estimate of drug-likeness (QED) is 0.0366. The van der Waals surface area contributed by atoms with Crippen molar-refractivity contribution in [3.63, 3.8) is 0 Å². The van der Waals surface area contributed by atoms with Gasteiger partial charge in [0.1, 0.15) is 0 Å². The van der Waals surface area contributed by atoms with Gasteiger partial charge in [0, 0.05) is 6.42 Å². The van der Waals surface area contributed by atoms with E-state index in [0.717, 1.165) is 12.8 Å². The van der Waals surface area contributed by atoms with Crippen molar-refractivity contribution in [2.75, 3.05) is 6.61 Å². The van der Waals surface area contributed by atoms with E-state index in [1.54, 1.807) is 0 Å². The van der Waals surface area contributed by atoms with Crippen LogP contribution in [-0.2, 0) is 9.53 Å². The van der Waals surface area contributed by atoms with Gasteiger partial charge in [0.15, 0.2) is 0 Å². The second kappa shape index (κ2) is 44.2. The molecule has 48 heavy (non-hydrogen) atoms. The Kier molecular flexibility index (Phi) is 43.5. The predicted molar refractivity (Wildman–Crippen MR) is 216 cm³/mol.